The molecule has 4 heteroatoms. The molecule has 0 unspecified atom stereocenters. The van der Waals surface area contributed by atoms with Crippen LogP contribution >= 0.6 is 0 Å². The second-order valence-corrected chi connectivity index (χ2v) is 8.79. The molecule has 4 rings (SSSR count). The molecule has 0 saturated carbocycles. The Hall–Kier alpha value is -1.65. The molecule has 2 aromatic rings. The summed E-state index contributed by atoms with van der Waals surface area (Å²) < 4.78 is 2.24. The van der Waals surface area contributed by atoms with E-state index in [9.17, 15) is 0 Å². The SMILES string of the molecule is Cc1ncc(CN2CC[C@]3(CCCN(CCCc4ccccc4)C3)C2)n1C. The monoisotopic (exact) mass is 366 g/mol. The van der Waals surface area contributed by atoms with Crippen molar-refractivity contribution in [3.05, 3.63) is 53.6 Å². The van der Waals surface area contributed by atoms with Gasteiger partial charge in [0.25, 0.3) is 0 Å². The standard InChI is InChI=1S/C23H34N4/c1-20-24-16-22(25(20)2)17-27-15-12-23(19-27)11-7-14-26(18-23)13-6-10-21-8-4-3-5-9-21/h3-5,8-9,16H,6-7,10-15,17-19H2,1-2H3/t23-/m0/s1. The molecule has 2 saturated heterocycles. The number of aryl methyl sites for hydroxylation is 2. The van der Waals surface area contributed by atoms with Gasteiger partial charge in [-0.25, -0.2) is 4.98 Å². The Morgan fingerprint density at radius 2 is 1.85 bits per heavy atom. The van der Waals surface area contributed by atoms with Crippen molar-refractivity contribution in [1.29, 1.82) is 0 Å². The number of piperidine rings is 1. The van der Waals surface area contributed by atoms with Crippen LogP contribution < -0.4 is 0 Å². The summed E-state index contributed by atoms with van der Waals surface area (Å²) in [5.74, 6) is 1.11. The molecule has 2 aliphatic heterocycles. The maximum absolute atomic E-state index is 4.46. The molecule has 3 heterocycles. The first-order chi connectivity index (χ1) is 13.1. The first-order valence-electron chi connectivity index (χ1n) is 10.6. The molecule has 27 heavy (non-hydrogen) atoms. The average Bonchev–Trinajstić information content (AvgIpc) is 3.21. The highest BCUT2D eigenvalue weighted by Gasteiger charge is 2.41. The summed E-state index contributed by atoms with van der Waals surface area (Å²) in [6.07, 6.45) is 8.66. The number of benzene rings is 1. The van der Waals surface area contributed by atoms with Crippen LogP contribution in [0.4, 0.5) is 0 Å². The van der Waals surface area contributed by atoms with Crippen molar-refractivity contribution in [3.63, 3.8) is 0 Å². The number of likely N-dealkylation sites (tertiary alicyclic amines) is 2. The van der Waals surface area contributed by atoms with Crippen molar-refractivity contribution in [2.24, 2.45) is 12.5 Å². The van der Waals surface area contributed by atoms with Crippen LogP contribution in [0.3, 0.4) is 0 Å². The molecule has 1 aromatic carbocycles. The molecule has 1 atom stereocenters. The largest absolute Gasteiger partial charge is 0.334 e. The zero-order valence-electron chi connectivity index (χ0n) is 17.0. The summed E-state index contributed by atoms with van der Waals surface area (Å²) >= 11 is 0. The first-order valence-corrected chi connectivity index (χ1v) is 10.6. The van der Waals surface area contributed by atoms with Crippen molar-refractivity contribution in [3.8, 4) is 0 Å². The van der Waals surface area contributed by atoms with Crippen molar-refractivity contribution in [1.82, 2.24) is 19.4 Å². The van der Waals surface area contributed by atoms with Gasteiger partial charge in [0, 0.05) is 32.9 Å². The molecule has 0 N–H and O–H groups in total. The van der Waals surface area contributed by atoms with Gasteiger partial charge < -0.3 is 9.47 Å². The minimum Gasteiger partial charge on any atom is -0.334 e. The Morgan fingerprint density at radius 1 is 1.04 bits per heavy atom. The van der Waals surface area contributed by atoms with E-state index < -0.39 is 0 Å². The van der Waals surface area contributed by atoms with Gasteiger partial charge in [-0.05, 0) is 69.6 Å². The number of nitrogens with zero attached hydrogens (tertiary/aromatic N) is 4. The van der Waals surface area contributed by atoms with Crippen molar-refractivity contribution < 1.29 is 0 Å². The Morgan fingerprint density at radius 3 is 2.63 bits per heavy atom. The van der Waals surface area contributed by atoms with E-state index >= 15 is 0 Å². The molecule has 2 fully saturated rings. The van der Waals surface area contributed by atoms with Gasteiger partial charge in [0.05, 0.1) is 5.69 Å². The molecule has 0 radical (unpaired) electrons. The lowest BCUT2D eigenvalue weighted by Crippen LogP contribution is -2.45. The molecule has 1 aromatic heterocycles. The number of hydrogen-bond donors (Lipinski definition) is 0. The summed E-state index contributed by atoms with van der Waals surface area (Å²) in [6.45, 7) is 9.46. The molecule has 0 aliphatic carbocycles. The number of imidazole rings is 1. The third kappa shape index (κ3) is 4.44. The second kappa shape index (κ2) is 8.15. The number of rotatable bonds is 6. The predicted molar refractivity (Wildman–Crippen MR) is 111 cm³/mol. The fraction of sp³-hybridized carbons (Fsp3) is 0.609. The van der Waals surface area contributed by atoms with Crippen LogP contribution in [0, 0.1) is 12.3 Å². The van der Waals surface area contributed by atoms with Crippen LogP contribution in [0.15, 0.2) is 36.5 Å². The Bertz CT molecular complexity index is 738. The minimum absolute atomic E-state index is 0.526. The van der Waals surface area contributed by atoms with Crippen molar-refractivity contribution >= 4 is 0 Å². The van der Waals surface area contributed by atoms with Crippen LogP contribution in [0.2, 0.25) is 0 Å². The third-order valence-electron chi connectivity index (χ3n) is 6.74. The summed E-state index contributed by atoms with van der Waals surface area (Å²) in [6, 6.07) is 10.9. The normalized spacial score (nSPS) is 24.1. The smallest absolute Gasteiger partial charge is 0.105 e. The minimum atomic E-state index is 0.526. The maximum atomic E-state index is 4.46. The van der Waals surface area contributed by atoms with Crippen LogP contribution in [-0.2, 0) is 20.0 Å². The van der Waals surface area contributed by atoms with Gasteiger partial charge in [-0.2, -0.15) is 0 Å². The van der Waals surface area contributed by atoms with Crippen molar-refractivity contribution in [2.45, 2.75) is 45.6 Å². The highest BCUT2D eigenvalue weighted by Crippen LogP contribution is 2.39. The lowest BCUT2D eigenvalue weighted by atomic mass is 9.79. The predicted octanol–water partition coefficient (Wildman–Crippen LogP) is 3.65. The van der Waals surface area contributed by atoms with E-state index in [4.69, 9.17) is 0 Å². The van der Waals surface area contributed by atoms with Gasteiger partial charge in [-0.1, -0.05) is 30.3 Å². The topological polar surface area (TPSA) is 24.3 Å². The van der Waals surface area contributed by atoms with E-state index in [1.165, 1.54) is 76.1 Å². The van der Waals surface area contributed by atoms with Gasteiger partial charge in [0.1, 0.15) is 5.82 Å². The van der Waals surface area contributed by atoms with Gasteiger partial charge in [-0.3, -0.25) is 4.90 Å². The maximum Gasteiger partial charge on any atom is 0.105 e. The average molecular weight is 367 g/mol. The Labute approximate surface area is 164 Å². The summed E-state index contributed by atoms with van der Waals surface area (Å²) in [7, 11) is 2.14. The van der Waals surface area contributed by atoms with Crippen LogP contribution in [0.5, 0.6) is 0 Å². The third-order valence-corrected chi connectivity index (χ3v) is 6.74. The molecule has 4 nitrogen and oxygen atoms in total. The quantitative estimate of drug-likeness (QED) is 0.780. The Balaban J connectivity index is 1.28. The Kier molecular flexibility index (Phi) is 5.65. The van der Waals surface area contributed by atoms with Crippen LogP contribution in [-0.4, -0.2) is 52.1 Å². The zero-order chi connectivity index (χ0) is 18.7. The van der Waals surface area contributed by atoms with Gasteiger partial charge in [-0.15, -0.1) is 0 Å². The molecule has 0 bridgehead atoms. The van der Waals surface area contributed by atoms with E-state index in [1.54, 1.807) is 0 Å². The van der Waals surface area contributed by atoms with Gasteiger partial charge in [0.15, 0.2) is 0 Å². The highest BCUT2D eigenvalue weighted by atomic mass is 15.2. The zero-order valence-corrected chi connectivity index (χ0v) is 17.0. The van der Waals surface area contributed by atoms with Crippen LogP contribution in [0.1, 0.15) is 42.8 Å². The molecule has 2 aliphatic rings. The lowest BCUT2D eigenvalue weighted by Gasteiger charge is -2.40. The van der Waals surface area contributed by atoms with E-state index in [2.05, 4.69) is 69.9 Å². The molecular formula is C23H34N4. The van der Waals surface area contributed by atoms with Crippen molar-refractivity contribution in [2.75, 3.05) is 32.7 Å². The molecule has 0 amide bonds. The summed E-state index contributed by atoms with van der Waals surface area (Å²) in [5.41, 5.74) is 3.35. The first kappa shape index (κ1) is 18.7. The van der Waals surface area contributed by atoms with E-state index in [1.807, 2.05) is 0 Å². The fourth-order valence-electron chi connectivity index (χ4n) is 5.07. The van der Waals surface area contributed by atoms with E-state index in [0.717, 1.165) is 12.4 Å². The van der Waals surface area contributed by atoms with E-state index in [-0.39, 0.29) is 0 Å². The highest BCUT2D eigenvalue weighted by molar-refractivity contribution is 5.14. The summed E-state index contributed by atoms with van der Waals surface area (Å²) in [4.78, 5) is 9.86. The number of hydrogen-bond acceptors (Lipinski definition) is 3. The van der Waals surface area contributed by atoms with Crippen LogP contribution in [0.25, 0.3) is 0 Å². The van der Waals surface area contributed by atoms with Gasteiger partial charge in [0.2, 0.25) is 0 Å². The fourth-order valence-corrected chi connectivity index (χ4v) is 5.07. The molecule has 1 spiro atoms. The number of aromatic nitrogens is 2. The van der Waals surface area contributed by atoms with Gasteiger partial charge >= 0.3 is 0 Å². The second-order valence-electron chi connectivity index (χ2n) is 8.79. The summed E-state index contributed by atoms with van der Waals surface area (Å²) in [5, 5.41) is 0. The lowest BCUT2D eigenvalue weighted by molar-refractivity contribution is 0.0908. The van der Waals surface area contributed by atoms with E-state index in [0.29, 0.717) is 5.41 Å². The molecule has 146 valence electrons. The molecular weight excluding hydrogens is 332 g/mol.